The minimum Gasteiger partial charge on any atom is -0.344 e. The number of benzene rings is 4. The number of carbonyl (C=O) groups is 1. The van der Waals surface area contributed by atoms with E-state index in [2.05, 4.69) is 5.32 Å². The Hall–Kier alpha value is -3.61. The quantitative estimate of drug-likeness (QED) is 0.308. The molecule has 0 aliphatic heterocycles. The molecule has 4 aromatic carbocycles. The van der Waals surface area contributed by atoms with Crippen LogP contribution in [0.2, 0.25) is 5.02 Å². The molecular formula is C29H27ClN2O3S. The number of amides is 1. The van der Waals surface area contributed by atoms with E-state index < -0.39 is 28.5 Å². The highest BCUT2D eigenvalue weighted by molar-refractivity contribution is 7.92. The summed E-state index contributed by atoms with van der Waals surface area (Å²) in [6.45, 7) is 3.48. The van der Waals surface area contributed by atoms with E-state index in [0.29, 0.717) is 10.7 Å². The van der Waals surface area contributed by atoms with E-state index in [9.17, 15) is 13.2 Å². The molecule has 5 nitrogen and oxygen atoms in total. The number of nitrogens with one attached hydrogen (secondary N) is 1. The maximum Gasteiger partial charge on any atom is 0.264 e. The summed E-state index contributed by atoms with van der Waals surface area (Å²) < 4.78 is 28.4. The highest BCUT2D eigenvalue weighted by atomic mass is 35.5. The lowest BCUT2D eigenvalue weighted by atomic mass is 9.97. The predicted molar refractivity (Wildman–Crippen MR) is 145 cm³/mol. The number of aryl methyl sites for hydroxylation is 2. The van der Waals surface area contributed by atoms with Gasteiger partial charge in [-0.25, -0.2) is 8.42 Å². The normalized spacial score (nSPS) is 12.1. The van der Waals surface area contributed by atoms with E-state index >= 15 is 0 Å². The van der Waals surface area contributed by atoms with Crippen molar-refractivity contribution in [3.63, 3.8) is 0 Å². The first-order valence-electron chi connectivity index (χ1n) is 11.5. The zero-order valence-electron chi connectivity index (χ0n) is 20.1. The van der Waals surface area contributed by atoms with E-state index in [1.807, 2.05) is 68.4 Å². The highest BCUT2D eigenvalue weighted by Gasteiger charge is 2.28. The average Bonchev–Trinajstić information content (AvgIpc) is 2.87. The molecule has 1 N–H and O–H groups in total. The molecule has 4 aromatic rings. The van der Waals surface area contributed by atoms with E-state index in [4.69, 9.17) is 11.6 Å². The van der Waals surface area contributed by atoms with Crippen LogP contribution in [0.3, 0.4) is 0 Å². The van der Waals surface area contributed by atoms with Crippen molar-refractivity contribution in [1.29, 1.82) is 0 Å². The van der Waals surface area contributed by atoms with Gasteiger partial charge < -0.3 is 5.32 Å². The number of rotatable bonds is 8. The lowest BCUT2D eigenvalue weighted by Gasteiger charge is -2.26. The second kappa shape index (κ2) is 11.0. The summed E-state index contributed by atoms with van der Waals surface area (Å²) in [6.07, 6.45) is 0. The first-order valence-corrected chi connectivity index (χ1v) is 13.3. The molecule has 0 saturated carbocycles. The summed E-state index contributed by atoms with van der Waals surface area (Å²) in [6, 6.07) is 30.0. The largest absolute Gasteiger partial charge is 0.344 e. The number of anilines is 1. The van der Waals surface area contributed by atoms with Crippen molar-refractivity contribution in [1.82, 2.24) is 5.32 Å². The monoisotopic (exact) mass is 518 g/mol. The van der Waals surface area contributed by atoms with Gasteiger partial charge in [0.25, 0.3) is 10.0 Å². The topological polar surface area (TPSA) is 66.5 Å². The van der Waals surface area contributed by atoms with Crippen LogP contribution in [0.25, 0.3) is 0 Å². The second-order valence-electron chi connectivity index (χ2n) is 8.63. The van der Waals surface area contributed by atoms with Crippen molar-refractivity contribution in [2.45, 2.75) is 24.8 Å². The van der Waals surface area contributed by atoms with Gasteiger partial charge in [-0.05, 0) is 61.4 Å². The van der Waals surface area contributed by atoms with Crippen molar-refractivity contribution >= 4 is 33.2 Å². The van der Waals surface area contributed by atoms with Crippen LogP contribution in [0.1, 0.15) is 28.3 Å². The molecule has 0 heterocycles. The van der Waals surface area contributed by atoms with Crippen LogP contribution in [-0.2, 0) is 14.8 Å². The third-order valence-corrected chi connectivity index (χ3v) is 7.86. The van der Waals surface area contributed by atoms with Crippen LogP contribution in [0.15, 0.2) is 108 Å². The SMILES string of the molecule is Cc1ccc(S(=O)(=O)N(CC(=O)NC(c2ccccc2)c2cccc(C)c2)c2ccc(Cl)cc2)cc1. The molecule has 36 heavy (non-hydrogen) atoms. The van der Waals surface area contributed by atoms with E-state index in [1.165, 1.54) is 0 Å². The number of carbonyl (C=O) groups excluding carboxylic acids is 1. The minimum atomic E-state index is -4.02. The molecule has 0 fully saturated rings. The first kappa shape index (κ1) is 25.5. The lowest BCUT2D eigenvalue weighted by Crippen LogP contribution is -2.42. The minimum absolute atomic E-state index is 0.106. The van der Waals surface area contributed by atoms with Gasteiger partial charge in [-0.15, -0.1) is 0 Å². The maximum absolute atomic E-state index is 13.6. The van der Waals surface area contributed by atoms with Crippen molar-refractivity contribution in [3.05, 3.63) is 130 Å². The third-order valence-electron chi connectivity index (χ3n) is 5.82. The number of sulfonamides is 1. The van der Waals surface area contributed by atoms with Crippen molar-refractivity contribution < 1.29 is 13.2 Å². The van der Waals surface area contributed by atoms with Crippen LogP contribution in [0, 0.1) is 13.8 Å². The Morgan fingerprint density at radius 3 is 2.08 bits per heavy atom. The zero-order valence-corrected chi connectivity index (χ0v) is 21.6. The van der Waals surface area contributed by atoms with Crippen molar-refractivity contribution in [3.8, 4) is 0 Å². The number of halogens is 1. The Morgan fingerprint density at radius 1 is 0.806 bits per heavy atom. The van der Waals surface area contributed by atoms with Gasteiger partial charge in [0.1, 0.15) is 6.54 Å². The van der Waals surface area contributed by atoms with Gasteiger partial charge in [-0.1, -0.05) is 89.5 Å². The molecular weight excluding hydrogens is 492 g/mol. The molecule has 1 amide bonds. The summed E-state index contributed by atoms with van der Waals surface area (Å²) in [5.41, 5.74) is 4.16. The molecule has 1 unspecified atom stereocenters. The van der Waals surface area contributed by atoms with Gasteiger partial charge >= 0.3 is 0 Å². The molecule has 7 heteroatoms. The summed E-state index contributed by atoms with van der Waals surface area (Å²) >= 11 is 6.04. The molecule has 0 saturated heterocycles. The highest BCUT2D eigenvalue weighted by Crippen LogP contribution is 2.27. The maximum atomic E-state index is 13.6. The summed E-state index contributed by atoms with van der Waals surface area (Å²) in [5.74, 6) is -0.434. The molecule has 0 bridgehead atoms. The Bertz CT molecular complexity index is 1440. The van der Waals surface area contributed by atoms with E-state index in [0.717, 1.165) is 26.6 Å². The van der Waals surface area contributed by atoms with Gasteiger partial charge in [0.05, 0.1) is 16.6 Å². The standard InChI is InChI=1S/C29H27ClN2O3S/c1-21-11-17-27(18-12-21)36(34,35)32(26-15-13-25(30)14-16-26)20-28(33)31-29(23-8-4-3-5-9-23)24-10-6-7-22(2)19-24/h3-19,29H,20H2,1-2H3,(H,31,33). The fourth-order valence-electron chi connectivity index (χ4n) is 3.95. The van der Waals surface area contributed by atoms with Crippen LogP contribution < -0.4 is 9.62 Å². The Morgan fingerprint density at radius 2 is 1.44 bits per heavy atom. The van der Waals surface area contributed by atoms with Crippen molar-refractivity contribution in [2.75, 3.05) is 10.8 Å². The fourth-order valence-corrected chi connectivity index (χ4v) is 5.50. The predicted octanol–water partition coefficient (Wildman–Crippen LogP) is 6.06. The molecule has 184 valence electrons. The van der Waals surface area contributed by atoms with Crippen LogP contribution in [0.5, 0.6) is 0 Å². The molecule has 1 atom stereocenters. The van der Waals surface area contributed by atoms with Gasteiger partial charge in [-0.2, -0.15) is 0 Å². The average molecular weight is 519 g/mol. The molecule has 0 spiro atoms. The van der Waals surface area contributed by atoms with Crippen molar-refractivity contribution in [2.24, 2.45) is 0 Å². The van der Waals surface area contributed by atoms with Gasteiger partial charge in [-0.3, -0.25) is 9.10 Å². The van der Waals surface area contributed by atoms with Crippen LogP contribution >= 0.6 is 11.6 Å². The van der Waals surface area contributed by atoms with Gasteiger partial charge in [0.2, 0.25) is 5.91 Å². The Labute approximate surface area is 217 Å². The Kier molecular flexibility index (Phi) is 7.77. The fraction of sp³-hybridized carbons (Fsp3) is 0.138. The summed E-state index contributed by atoms with van der Waals surface area (Å²) in [7, 11) is -4.02. The smallest absolute Gasteiger partial charge is 0.264 e. The van der Waals surface area contributed by atoms with Crippen LogP contribution in [-0.4, -0.2) is 20.9 Å². The second-order valence-corrected chi connectivity index (χ2v) is 10.9. The Balaban J connectivity index is 1.68. The van der Waals surface area contributed by atoms with Crippen LogP contribution in [0.4, 0.5) is 5.69 Å². The molecule has 0 radical (unpaired) electrons. The van der Waals surface area contributed by atoms with Gasteiger partial charge in [0.15, 0.2) is 0 Å². The molecule has 0 aromatic heterocycles. The van der Waals surface area contributed by atoms with Gasteiger partial charge in [0, 0.05) is 5.02 Å². The van der Waals surface area contributed by atoms with E-state index in [1.54, 1.807) is 48.5 Å². The molecule has 0 aliphatic rings. The number of hydrogen-bond donors (Lipinski definition) is 1. The lowest BCUT2D eigenvalue weighted by molar-refractivity contribution is -0.120. The number of nitrogens with zero attached hydrogens (tertiary/aromatic N) is 1. The number of hydrogen-bond acceptors (Lipinski definition) is 3. The summed E-state index contributed by atoms with van der Waals surface area (Å²) in [4.78, 5) is 13.5. The molecule has 4 rings (SSSR count). The third kappa shape index (κ3) is 5.96. The summed E-state index contributed by atoms with van der Waals surface area (Å²) in [5, 5.41) is 3.52. The van der Waals surface area contributed by atoms with E-state index in [-0.39, 0.29) is 4.90 Å². The first-order chi connectivity index (χ1) is 17.2. The molecule has 0 aliphatic carbocycles. The zero-order chi connectivity index (χ0) is 25.7.